The average Bonchev–Trinajstić information content (AvgIpc) is 2.38. The molecule has 0 saturated heterocycles. The summed E-state index contributed by atoms with van der Waals surface area (Å²) in [6, 6.07) is 7.67. The summed E-state index contributed by atoms with van der Waals surface area (Å²) in [5, 5.41) is 0. The van der Waals surface area contributed by atoms with Crippen molar-refractivity contribution in [2.24, 2.45) is 0 Å². The number of ketones is 1. The summed E-state index contributed by atoms with van der Waals surface area (Å²) in [5.41, 5.74) is 1.02. The highest BCUT2D eigenvalue weighted by Gasteiger charge is 2.03. The first-order valence-electron chi connectivity index (χ1n) is 5.36. The Balaban J connectivity index is 3.00. The lowest BCUT2D eigenvalue weighted by Gasteiger charge is -2.06. The first kappa shape index (κ1) is 13.6. The van der Waals surface area contributed by atoms with E-state index in [0.717, 1.165) is 22.0 Å². The van der Waals surface area contributed by atoms with Crippen molar-refractivity contribution in [2.75, 3.05) is 12.9 Å². The van der Waals surface area contributed by atoms with E-state index in [1.165, 1.54) is 6.08 Å². The fraction of sp³-hybridized carbons (Fsp3) is 0.214. The van der Waals surface area contributed by atoms with Gasteiger partial charge in [0.2, 0.25) is 0 Å². The topological polar surface area (TPSA) is 26.3 Å². The SMILES string of the molecule is C=CC(=O)C=C(SCC)c1ccc(OC)cc1. The Morgan fingerprint density at radius 1 is 1.41 bits per heavy atom. The van der Waals surface area contributed by atoms with E-state index >= 15 is 0 Å². The molecule has 0 aromatic heterocycles. The third kappa shape index (κ3) is 4.11. The minimum atomic E-state index is -0.0724. The molecule has 0 aliphatic rings. The smallest absolute Gasteiger partial charge is 0.179 e. The molecular formula is C14H16O2S. The number of hydrogen-bond acceptors (Lipinski definition) is 3. The van der Waals surface area contributed by atoms with Gasteiger partial charge in [0, 0.05) is 4.91 Å². The molecule has 0 N–H and O–H groups in total. The van der Waals surface area contributed by atoms with Crippen molar-refractivity contribution in [2.45, 2.75) is 6.92 Å². The second kappa shape index (κ2) is 6.97. The molecule has 17 heavy (non-hydrogen) atoms. The standard InChI is InChI=1S/C14H16O2S/c1-4-12(15)10-14(17-5-2)11-6-8-13(16-3)9-7-11/h4,6-10H,1,5H2,2-3H3. The van der Waals surface area contributed by atoms with E-state index in [1.54, 1.807) is 24.9 Å². The number of carbonyl (C=O) groups excluding carboxylic acids is 1. The lowest BCUT2D eigenvalue weighted by atomic mass is 10.2. The number of allylic oxidation sites excluding steroid dienone is 2. The van der Waals surface area contributed by atoms with Crippen molar-refractivity contribution >= 4 is 22.5 Å². The molecule has 3 heteroatoms. The minimum absolute atomic E-state index is 0.0724. The van der Waals surface area contributed by atoms with E-state index < -0.39 is 0 Å². The molecule has 0 unspecified atom stereocenters. The zero-order valence-corrected chi connectivity index (χ0v) is 10.9. The van der Waals surface area contributed by atoms with Crippen LogP contribution in [0.15, 0.2) is 43.0 Å². The van der Waals surface area contributed by atoms with Gasteiger partial charge < -0.3 is 4.74 Å². The van der Waals surface area contributed by atoms with Gasteiger partial charge in [0.1, 0.15) is 5.75 Å². The number of ether oxygens (including phenoxy) is 1. The molecule has 1 aromatic rings. The second-order valence-corrected chi connectivity index (χ2v) is 4.58. The Morgan fingerprint density at radius 2 is 2.06 bits per heavy atom. The van der Waals surface area contributed by atoms with Crippen LogP contribution in [0.3, 0.4) is 0 Å². The summed E-state index contributed by atoms with van der Waals surface area (Å²) in [5.74, 6) is 1.66. The summed E-state index contributed by atoms with van der Waals surface area (Å²) in [4.78, 5) is 12.3. The fourth-order valence-corrected chi connectivity index (χ4v) is 2.12. The van der Waals surface area contributed by atoms with Gasteiger partial charge in [-0.15, -0.1) is 11.8 Å². The Labute approximate surface area is 106 Å². The molecule has 1 rings (SSSR count). The minimum Gasteiger partial charge on any atom is -0.497 e. The molecule has 0 radical (unpaired) electrons. The van der Waals surface area contributed by atoms with Crippen molar-refractivity contribution in [3.05, 3.63) is 48.6 Å². The molecule has 0 amide bonds. The molecule has 0 saturated carbocycles. The molecule has 90 valence electrons. The number of carbonyl (C=O) groups is 1. The summed E-state index contributed by atoms with van der Waals surface area (Å²) in [6.07, 6.45) is 2.93. The van der Waals surface area contributed by atoms with Crippen LogP contribution in [0, 0.1) is 0 Å². The number of benzene rings is 1. The highest BCUT2D eigenvalue weighted by atomic mass is 32.2. The van der Waals surface area contributed by atoms with Gasteiger partial charge in [0.25, 0.3) is 0 Å². The third-order valence-corrected chi connectivity index (χ3v) is 3.10. The summed E-state index contributed by atoms with van der Waals surface area (Å²) in [7, 11) is 1.63. The van der Waals surface area contributed by atoms with Gasteiger partial charge >= 0.3 is 0 Å². The van der Waals surface area contributed by atoms with Gasteiger partial charge in [0.15, 0.2) is 5.78 Å². The molecule has 1 aromatic carbocycles. The Kier molecular flexibility index (Phi) is 5.57. The van der Waals surface area contributed by atoms with Gasteiger partial charge in [0.05, 0.1) is 7.11 Å². The predicted molar refractivity (Wildman–Crippen MR) is 74.3 cm³/mol. The lowest BCUT2D eigenvalue weighted by molar-refractivity contribution is -0.110. The Hall–Kier alpha value is -1.48. The molecule has 0 atom stereocenters. The quantitative estimate of drug-likeness (QED) is 0.720. The van der Waals surface area contributed by atoms with Crippen LogP contribution in [0.5, 0.6) is 5.75 Å². The highest BCUT2D eigenvalue weighted by Crippen LogP contribution is 2.28. The summed E-state index contributed by atoms with van der Waals surface area (Å²) in [6.45, 7) is 5.53. The van der Waals surface area contributed by atoms with E-state index in [-0.39, 0.29) is 5.78 Å². The van der Waals surface area contributed by atoms with Crippen LogP contribution < -0.4 is 4.74 Å². The van der Waals surface area contributed by atoms with E-state index in [4.69, 9.17) is 4.74 Å². The Morgan fingerprint density at radius 3 is 2.53 bits per heavy atom. The van der Waals surface area contributed by atoms with Crippen LogP contribution >= 0.6 is 11.8 Å². The maximum Gasteiger partial charge on any atom is 0.179 e. The highest BCUT2D eigenvalue weighted by molar-refractivity contribution is 8.08. The van der Waals surface area contributed by atoms with Crippen LogP contribution in [0.2, 0.25) is 0 Å². The van der Waals surface area contributed by atoms with Gasteiger partial charge in [-0.25, -0.2) is 0 Å². The largest absolute Gasteiger partial charge is 0.497 e. The predicted octanol–water partition coefficient (Wildman–Crippen LogP) is 3.54. The van der Waals surface area contributed by atoms with Crippen molar-refractivity contribution in [1.29, 1.82) is 0 Å². The van der Waals surface area contributed by atoms with Crippen LogP contribution in [0.1, 0.15) is 12.5 Å². The zero-order chi connectivity index (χ0) is 12.7. The van der Waals surface area contributed by atoms with Crippen molar-refractivity contribution in [3.63, 3.8) is 0 Å². The second-order valence-electron chi connectivity index (χ2n) is 3.28. The van der Waals surface area contributed by atoms with Crippen LogP contribution in [0.4, 0.5) is 0 Å². The maximum absolute atomic E-state index is 11.4. The monoisotopic (exact) mass is 248 g/mol. The normalized spacial score (nSPS) is 11.1. The first-order valence-corrected chi connectivity index (χ1v) is 6.35. The van der Waals surface area contributed by atoms with Gasteiger partial charge in [-0.2, -0.15) is 0 Å². The number of thioether (sulfide) groups is 1. The first-order chi connectivity index (χ1) is 8.21. The molecule has 0 aliphatic carbocycles. The number of rotatable bonds is 6. The molecule has 2 nitrogen and oxygen atoms in total. The fourth-order valence-electron chi connectivity index (χ4n) is 1.31. The Bertz CT molecular complexity index is 418. The van der Waals surface area contributed by atoms with Crippen LogP contribution in [-0.2, 0) is 4.79 Å². The molecule has 0 heterocycles. The van der Waals surface area contributed by atoms with Crippen LogP contribution in [-0.4, -0.2) is 18.6 Å². The van der Waals surface area contributed by atoms with Gasteiger partial charge in [-0.05, 0) is 35.6 Å². The number of methoxy groups -OCH3 is 1. The molecule has 0 fully saturated rings. The average molecular weight is 248 g/mol. The van der Waals surface area contributed by atoms with E-state index in [9.17, 15) is 4.79 Å². The van der Waals surface area contributed by atoms with E-state index in [1.807, 2.05) is 24.3 Å². The molecule has 0 bridgehead atoms. The van der Waals surface area contributed by atoms with E-state index in [2.05, 4.69) is 13.5 Å². The van der Waals surface area contributed by atoms with Crippen molar-refractivity contribution in [3.8, 4) is 5.75 Å². The van der Waals surface area contributed by atoms with Crippen LogP contribution in [0.25, 0.3) is 4.91 Å². The van der Waals surface area contributed by atoms with E-state index in [0.29, 0.717) is 0 Å². The van der Waals surface area contributed by atoms with Crippen molar-refractivity contribution < 1.29 is 9.53 Å². The zero-order valence-electron chi connectivity index (χ0n) is 10.1. The van der Waals surface area contributed by atoms with Gasteiger partial charge in [-0.3, -0.25) is 4.79 Å². The summed E-state index contributed by atoms with van der Waals surface area (Å²) >= 11 is 1.64. The van der Waals surface area contributed by atoms with Crippen molar-refractivity contribution in [1.82, 2.24) is 0 Å². The lowest BCUT2D eigenvalue weighted by Crippen LogP contribution is -1.89. The molecule has 0 spiro atoms. The summed E-state index contributed by atoms with van der Waals surface area (Å²) < 4.78 is 5.10. The number of hydrogen-bond donors (Lipinski definition) is 0. The third-order valence-electron chi connectivity index (χ3n) is 2.15. The van der Waals surface area contributed by atoms with Gasteiger partial charge in [-0.1, -0.05) is 25.6 Å². The maximum atomic E-state index is 11.4. The molecular weight excluding hydrogens is 232 g/mol. The molecule has 0 aliphatic heterocycles.